The lowest BCUT2D eigenvalue weighted by atomic mass is 10.1. The van der Waals surface area contributed by atoms with E-state index in [4.69, 9.17) is 0 Å². The van der Waals surface area contributed by atoms with Crippen LogP contribution in [0.5, 0.6) is 0 Å². The van der Waals surface area contributed by atoms with Crippen molar-refractivity contribution in [3.63, 3.8) is 0 Å². The van der Waals surface area contributed by atoms with Crippen LogP contribution in [0.15, 0.2) is 104 Å². The Balaban J connectivity index is 1.47. The Morgan fingerprint density at radius 2 is 1.62 bits per heavy atom. The molecule has 1 N–H and O–H groups in total. The number of hydrogen-bond acceptors (Lipinski definition) is 3. The van der Waals surface area contributed by atoms with Gasteiger partial charge in [0, 0.05) is 23.6 Å². The lowest BCUT2D eigenvalue weighted by Gasteiger charge is -2.19. The van der Waals surface area contributed by atoms with Gasteiger partial charge in [-0.3, -0.25) is 9.48 Å². The fourth-order valence-electron chi connectivity index (χ4n) is 4.01. The summed E-state index contributed by atoms with van der Waals surface area (Å²) in [7, 11) is 0. The number of amides is 1. The van der Waals surface area contributed by atoms with E-state index < -0.39 is 0 Å². The maximum Gasteiger partial charge on any atom is 0.254 e. The predicted molar refractivity (Wildman–Crippen MR) is 124 cm³/mol. The first kappa shape index (κ1) is 19.8. The molecule has 6 heteroatoms. The highest BCUT2D eigenvalue weighted by Gasteiger charge is 2.20. The number of hydrogen-bond donors (Lipinski definition) is 1. The Morgan fingerprint density at radius 1 is 0.906 bits per heavy atom. The molecule has 0 saturated carbocycles. The van der Waals surface area contributed by atoms with E-state index in [0.29, 0.717) is 18.7 Å². The fourth-order valence-corrected chi connectivity index (χ4v) is 4.01. The summed E-state index contributed by atoms with van der Waals surface area (Å²) < 4.78 is 3.87. The molecule has 3 aromatic carbocycles. The summed E-state index contributed by atoms with van der Waals surface area (Å²) in [5, 5.41) is 8.37. The van der Waals surface area contributed by atoms with E-state index in [-0.39, 0.29) is 11.9 Å². The SMILES string of the molecule is O=C(NC(Cn1cncn1)c1ccccc1)c1cn(Cc2ccccc2)c2ccccc12. The normalized spacial score (nSPS) is 12.0. The predicted octanol–water partition coefficient (Wildman–Crippen LogP) is 4.45. The summed E-state index contributed by atoms with van der Waals surface area (Å²) in [4.78, 5) is 17.5. The molecular formula is C26H23N5O. The van der Waals surface area contributed by atoms with Crippen LogP contribution < -0.4 is 5.32 Å². The van der Waals surface area contributed by atoms with Crippen molar-refractivity contribution >= 4 is 16.8 Å². The molecule has 158 valence electrons. The molecule has 0 fully saturated rings. The smallest absolute Gasteiger partial charge is 0.254 e. The molecule has 0 aliphatic carbocycles. The van der Waals surface area contributed by atoms with Crippen molar-refractivity contribution in [2.45, 2.75) is 19.1 Å². The van der Waals surface area contributed by atoms with Gasteiger partial charge in [-0.05, 0) is 17.2 Å². The van der Waals surface area contributed by atoms with Crippen molar-refractivity contribution in [3.8, 4) is 0 Å². The van der Waals surface area contributed by atoms with Gasteiger partial charge in [0.05, 0.1) is 18.2 Å². The standard InChI is InChI=1S/C26H23N5O/c32-26(29-24(17-31-19-27-18-28-31)21-11-5-2-6-12-21)23-16-30(15-20-9-3-1-4-10-20)25-14-8-7-13-22(23)25/h1-14,16,18-19,24H,15,17H2,(H,29,32). The van der Waals surface area contributed by atoms with Crippen LogP contribution in [0.25, 0.3) is 10.9 Å². The molecule has 32 heavy (non-hydrogen) atoms. The molecule has 0 aliphatic heterocycles. The van der Waals surface area contributed by atoms with Crippen LogP contribution in [-0.2, 0) is 13.1 Å². The number of nitrogens with zero attached hydrogens (tertiary/aromatic N) is 4. The molecular weight excluding hydrogens is 398 g/mol. The maximum absolute atomic E-state index is 13.5. The second kappa shape index (κ2) is 8.89. The van der Waals surface area contributed by atoms with Crippen molar-refractivity contribution in [2.75, 3.05) is 0 Å². The van der Waals surface area contributed by atoms with Crippen LogP contribution in [0.3, 0.4) is 0 Å². The molecule has 1 atom stereocenters. The summed E-state index contributed by atoms with van der Waals surface area (Å²) in [5.41, 5.74) is 3.91. The Labute approximate surface area is 186 Å². The largest absolute Gasteiger partial charge is 0.343 e. The lowest BCUT2D eigenvalue weighted by Crippen LogP contribution is -2.31. The van der Waals surface area contributed by atoms with E-state index in [0.717, 1.165) is 16.5 Å². The third-order valence-electron chi connectivity index (χ3n) is 5.57. The van der Waals surface area contributed by atoms with Gasteiger partial charge >= 0.3 is 0 Å². The van der Waals surface area contributed by atoms with Crippen molar-refractivity contribution in [1.82, 2.24) is 24.6 Å². The summed E-state index contributed by atoms with van der Waals surface area (Å²) in [6.45, 7) is 1.20. The van der Waals surface area contributed by atoms with Crippen molar-refractivity contribution in [3.05, 3.63) is 120 Å². The van der Waals surface area contributed by atoms with Crippen molar-refractivity contribution in [2.24, 2.45) is 0 Å². The number of para-hydroxylation sites is 1. The first-order valence-corrected chi connectivity index (χ1v) is 10.6. The molecule has 2 aromatic heterocycles. The average Bonchev–Trinajstić information content (AvgIpc) is 3.48. The van der Waals surface area contributed by atoms with E-state index in [1.807, 2.05) is 72.9 Å². The molecule has 0 bridgehead atoms. The average molecular weight is 422 g/mol. The first-order chi connectivity index (χ1) is 15.8. The number of carbonyl (C=O) groups excluding carboxylic acids is 1. The third kappa shape index (κ3) is 4.16. The Bertz CT molecular complexity index is 1310. The summed E-state index contributed by atoms with van der Waals surface area (Å²) >= 11 is 0. The Kier molecular flexibility index (Phi) is 5.49. The van der Waals surface area contributed by atoms with E-state index in [1.165, 1.54) is 11.9 Å². The van der Waals surface area contributed by atoms with Gasteiger partial charge in [0.15, 0.2) is 0 Å². The van der Waals surface area contributed by atoms with Crippen molar-refractivity contribution in [1.29, 1.82) is 0 Å². The number of carbonyl (C=O) groups is 1. The van der Waals surface area contributed by atoms with Gasteiger partial charge in [-0.2, -0.15) is 5.10 Å². The Morgan fingerprint density at radius 3 is 2.38 bits per heavy atom. The number of fused-ring (bicyclic) bond motifs is 1. The number of aromatic nitrogens is 4. The number of rotatable bonds is 7. The van der Waals surface area contributed by atoms with E-state index >= 15 is 0 Å². The van der Waals surface area contributed by atoms with E-state index in [9.17, 15) is 4.79 Å². The second-order valence-electron chi connectivity index (χ2n) is 7.73. The molecule has 0 spiro atoms. The van der Waals surface area contributed by atoms with Gasteiger partial charge in [0.25, 0.3) is 5.91 Å². The van der Waals surface area contributed by atoms with Gasteiger partial charge in [0.1, 0.15) is 12.7 Å². The van der Waals surface area contributed by atoms with Gasteiger partial charge in [-0.15, -0.1) is 0 Å². The zero-order chi connectivity index (χ0) is 21.8. The van der Waals surface area contributed by atoms with Crippen molar-refractivity contribution < 1.29 is 4.79 Å². The molecule has 1 amide bonds. The maximum atomic E-state index is 13.5. The quantitative estimate of drug-likeness (QED) is 0.422. The van der Waals surface area contributed by atoms with Crippen LogP contribution in [0.1, 0.15) is 27.5 Å². The van der Waals surface area contributed by atoms with E-state index in [2.05, 4.69) is 38.2 Å². The topological polar surface area (TPSA) is 64.7 Å². The number of nitrogens with one attached hydrogen (secondary N) is 1. The highest BCUT2D eigenvalue weighted by molar-refractivity contribution is 6.07. The monoisotopic (exact) mass is 421 g/mol. The molecule has 5 rings (SSSR count). The molecule has 1 unspecified atom stereocenters. The zero-order valence-electron chi connectivity index (χ0n) is 17.5. The molecule has 2 heterocycles. The minimum atomic E-state index is -0.235. The molecule has 5 aromatic rings. The number of benzene rings is 3. The highest BCUT2D eigenvalue weighted by Crippen LogP contribution is 2.24. The van der Waals surface area contributed by atoms with Gasteiger partial charge < -0.3 is 9.88 Å². The van der Waals surface area contributed by atoms with Gasteiger partial charge in [0.2, 0.25) is 0 Å². The van der Waals surface area contributed by atoms with Crippen LogP contribution in [-0.4, -0.2) is 25.2 Å². The van der Waals surface area contributed by atoms with Crippen LogP contribution in [0, 0.1) is 0 Å². The second-order valence-corrected chi connectivity index (χ2v) is 7.73. The van der Waals surface area contributed by atoms with E-state index in [1.54, 1.807) is 11.0 Å². The van der Waals surface area contributed by atoms with Gasteiger partial charge in [-0.25, -0.2) is 4.98 Å². The third-order valence-corrected chi connectivity index (χ3v) is 5.57. The fraction of sp³-hybridized carbons (Fsp3) is 0.115. The molecule has 0 saturated heterocycles. The molecule has 6 nitrogen and oxygen atoms in total. The van der Waals surface area contributed by atoms with Gasteiger partial charge in [-0.1, -0.05) is 78.9 Å². The lowest BCUT2D eigenvalue weighted by molar-refractivity contribution is 0.0933. The molecule has 0 radical (unpaired) electrons. The van der Waals surface area contributed by atoms with Crippen LogP contribution in [0.2, 0.25) is 0 Å². The first-order valence-electron chi connectivity index (χ1n) is 10.6. The Hall–Kier alpha value is -4.19. The van der Waals surface area contributed by atoms with Crippen LogP contribution in [0.4, 0.5) is 0 Å². The molecule has 0 aliphatic rings. The zero-order valence-corrected chi connectivity index (χ0v) is 17.5. The highest BCUT2D eigenvalue weighted by atomic mass is 16.1. The minimum Gasteiger partial charge on any atom is -0.343 e. The summed E-state index contributed by atoms with van der Waals surface area (Å²) in [6, 6.07) is 28.0. The summed E-state index contributed by atoms with van der Waals surface area (Å²) in [6.07, 6.45) is 5.11. The minimum absolute atomic E-state index is 0.109. The summed E-state index contributed by atoms with van der Waals surface area (Å²) in [5.74, 6) is -0.109. The van der Waals surface area contributed by atoms with Crippen LogP contribution >= 0.6 is 0 Å².